The van der Waals surface area contributed by atoms with Crippen LogP contribution in [0.15, 0.2) is 48.5 Å². The van der Waals surface area contributed by atoms with Crippen LogP contribution in [0.4, 0.5) is 0 Å². The summed E-state index contributed by atoms with van der Waals surface area (Å²) < 4.78 is 0. The van der Waals surface area contributed by atoms with E-state index < -0.39 is 5.92 Å². The highest BCUT2D eigenvalue weighted by atomic mass is 35.5. The summed E-state index contributed by atoms with van der Waals surface area (Å²) in [7, 11) is 0. The van der Waals surface area contributed by atoms with Gasteiger partial charge >= 0.3 is 0 Å². The van der Waals surface area contributed by atoms with E-state index in [-0.39, 0.29) is 5.78 Å². The van der Waals surface area contributed by atoms with E-state index in [1.54, 1.807) is 30.3 Å². The summed E-state index contributed by atoms with van der Waals surface area (Å²) in [6, 6.07) is 16.1. The normalized spacial score (nSPS) is 11.6. The van der Waals surface area contributed by atoms with Gasteiger partial charge in [0.25, 0.3) is 0 Å². The third kappa shape index (κ3) is 3.01. The van der Waals surface area contributed by atoms with Gasteiger partial charge in [0.1, 0.15) is 5.92 Å². The summed E-state index contributed by atoms with van der Waals surface area (Å²) in [6.45, 7) is 1.94. The molecule has 0 saturated heterocycles. The molecule has 0 aliphatic carbocycles. The molecule has 0 saturated carbocycles. The summed E-state index contributed by atoms with van der Waals surface area (Å²) in [4.78, 5) is 12.3. The molecule has 0 radical (unpaired) electrons. The van der Waals surface area contributed by atoms with Crippen molar-refractivity contribution in [2.75, 3.05) is 0 Å². The third-order valence-corrected chi connectivity index (χ3v) is 3.15. The molecule has 0 heterocycles. The largest absolute Gasteiger partial charge is 0.292 e. The van der Waals surface area contributed by atoms with E-state index in [1.165, 1.54) is 0 Å². The second kappa shape index (κ2) is 5.69. The number of rotatable bonds is 3. The minimum absolute atomic E-state index is 0.204. The van der Waals surface area contributed by atoms with Crippen LogP contribution < -0.4 is 0 Å². The summed E-state index contributed by atoms with van der Waals surface area (Å²) >= 11 is 5.79. The number of nitriles is 1. The van der Waals surface area contributed by atoms with Crippen LogP contribution in [0.1, 0.15) is 27.4 Å². The maximum absolute atomic E-state index is 12.3. The maximum atomic E-state index is 12.3. The average Bonchev–Trinajstić information content (AvgIpc) is 2.40. The molecule has 0 spiro atoms. The molecule has 0 bridgehead atoms. The van der Waals surface area contributed by atoms with Gasteiger partial charge in [0.05, 0.1) is 6.07 Å². The summed E-state index contributed by atoms with van der Waals surface area (Å²) in [5.74, 6) is -0.981. The molecule has 0 aromatic heterocycles. The fourth-order valence-corrected chi connectivity index (χ4v) is 2.04. The fourth-order valence-electron chi connectivity index (χ4n) is 1.92. The number of nitrogens with zero attached hydrogens (tertiary/aromatic N) is 1. The lowest BCUT2D eigenvalue weighted by atomic mass is 9.91. The average molecular weight is 270 g/mol. The minimum Gasteiger partial charge on any atom is -0.292 e. The van der Waals surface area contributed by atoms with E-state index in [9.17, 15) is 10.1 Å². The predicted octanol–water partition coefficient (Wildman–Crippen LogP) is 4.14. The topological polar surface area (TPSA) is 40.9 Å². The van der Waals surface area contributed by atoms with Gasteiger partial charge in [-0.3, -0.25) is 4.79 Å². The zero-order valence-corrected chi connectivity index (χ0v) is 11.2. The standard InChI is InChI=1S/C16H12ClNO/c1-11-3-2-4-13(9-11)15(10-18)16(19)12-5-7-14(17)8-6-12/h2-9,15H,1H3. The number of hydrogen-bond donors (Lipinski definition) is 0. The first-order valence-corrected chi connectivity index (χ1v) is 6.25. The molecule has 0 amide bonds. The van der Waals surface area contributed by atoms with Crippen molar-refractivity contribution in [1.82, 2.24) is 0 Å². The van der Waals surface area contributed by atoms with E-state index in [0.717, 1.165) is 11.1 Å². The van der Waals surface area contributed by atoms with Crippen molar-refractivity contribution >= 4 is 17.4 Å². The van der Waals surface area contributed by atoms with Crippen molar-refractivity contribution in [1.29, 1.82) is 5.26 Å². The molecular formula is C16H12ClNO. The van der Waals surface area contributed by atoms with Gasteiger partial charge in [-0.1, -0.05) is 41.4 Å². The van der Waals surface area contributed by atoms with Crippen molar-refractivity contribution in [3.63, 3.8) is 0 Å². The van der Waals surface area contributed by atoms with Crippen molar-refractivity contribution in [2.45, 2.75) is 12.8 Å². The minimum atomic E-state index is -0.777. The van der Waals surface area contributed by atoms with Gasteiger partial charge in [-0.2, -0.15) is 5.26 Å². The molecule has 2 rings (SSSR count). The number of benzene rings is 2. The van der Waals surface area contributed by atoms with E-state index in [0.29, 0.717) is 10.6 Å². The second-order valence-corrected chi connectivity index (χ2v) is 4.78. The van der Waals surface area contributed by atoms with Crippen LogP contribution in [0.5, 0.6) is 0 Å². The van der Waals surface area contributed by atoms with Gasteiger partial charge in [0.15, 0.2) is 5.78 Å². The lowest BCUT2D eigenvalue weighted by molar-refractivity contribution is 0.0979. The Kier molecular flexibility index (Phi) is 3.99. The summed E-state index contributed by atoms with van der Waals surface area (Å²) in [5.41, 5.74) is 2.25. The summed E-state index contributed by atoms with van der Waals surface area (Å²) in [6.07, 6.45) is 0. The quantitative estimate of drug-likeness (QED) is 0.786. The Morgan fingerprint density at radius 3 is 2.47 bits per heavy atom. The molecule has 1 unspecified atom stereocenters. The van der Waals surface area contributed by atoms with Gasteiger partial charge < -0.3 is 0 Å². The fraction of sp³-hybridized carbons (Fsp3) is 0.125. The molecule has 0 aliphatic rings. The van der Waals surface area contributed by atoms with Crippen LogP contribution in [0, 0.1) is 18.3 Å². The second-order valence-electron chi connectivity index (χ2n) is 4.35. The maximum Gasteiger partial charge on any atom is 0.184 e. The zero-order valence-electron chi connectivity index (χ0n) is 10.4. The zero-order chi connectivity index (χ0) is 13.8. The van der Waals surface area contributed by atoms with E-state index in [2.05, 4.69) is 6.07 Å². The summed E-state index contributed by atoms with van der Waals surface area (Å²) in [5, 5.41) is 9.83. The van der Waals surface area contributed by atoms with Gasteiger partial charge in [-0.15, -0.1) is 0 Å². The Hall–Kier alpha value is -2.11. The number of carbonyl (C=O) groups is 1. The molecule has 2 nitrogen and oxygen atoms in total. The SMILES string of the molecule is Cc1cccc(C(C#N)C(=O)c2ccc(Cl)cc2)c1. The lowest BCUT2D eigenvalue weighted by Gasteiger charge is -2.09. The Morgan fingerprint density at radius 1 is 1.21 bits per heavy atom. The van der Waals surface area contributed by atoms with E-state index in [4.69, 9.17) is 11.6 Å². The molecule has 1 atom stereocenters. The van der Waals surface area contributed by atoms with E-state index >= 15 is 0 Å². The number of aryl methyl sites for hydroxylation is 1. The van der Waals surface area contributed by atoms with Crippen LogP contribution in [0.25, 0.3) is 0 Å². The van der Waals surface area contributed by atoms with Crippen LogP contribution in [-0.2, 0) is 0 Å². The van der Waals surface area contributed by atoms with Crippen molar-refractivity contribution in [3.8, 4) is 6.07 Å². The molecule has 0 N–H and O–H groups in total. The molecule has 2 aromatic carbocycles. The lowest BCUT2D eigenvalue weighted by Crippen LogP contribution is -2.11. The number of hydrogen-bond acceptors (Lipinski definition) is 2. The monoisotopic (exact) mass is 269 g/mol. The molecular weight excluding hydrogens is 258 g/mol. The first-order chi connectivity index (χ1) is 9.11. The number of halogens is 1. The predicted molar refractivity (Wildman–Crippen MR) is 75.3 cm³/mol. The van der Waals surface area contributed by atoms with Crippen LogP contribution in [-0.4, -0.2) is 5.78 Å². The van der Waals surface area contributed by atoms with Gasteiger partial charge in [-0.25, -0.2) is 0 Å². The van der Waals surface area contributed by atoms with Gasteiger partial charge in [0.2, 0.25) is 0 Å². The Morgan fingerprint density at radius 2 is 1.89 bits per heavy atom. The highest BCUT2D eigenvalue weighted by Crippen LogP contribution is 2.22. The number of Topliss-reactive ketones (excluding diaryl/α,β-unsaturated/α-hetero) is 1. The smallest absolute Gasteiger partial charge is 0.184 e. The Balaban J connectivity index is 2.35. The first-order valence-electron chi connectivity index (χ1n) is 5.88. The van der Waals surface area contributed by atoms with Crippen LogP contribution in [0.2, 0.25) is 5.02 Å². The molecule has 0 aliphatic heterocycles. The van der Waals surface area contributed by atoms with Gasteiger partial charge in [0, 0.05) is 10.6 Å². The van der Waals surface area contributed by atoms with E-state index in [1.807, 2.05) is 25.1 Å². The number of ketones is 1. The van der Waals surface area contributed by atoms with Gasteiger partial charge in [-0.05, 0) is 36.8 Å². The van der Waals surface area contributed by atoms with Crippen molar-refractivity contribution in [3.05, 3.63) is 70.2 Å². The molecule has 0 fully saturated rings. The molecule has 19 heavy (non-hydrogen) atoms. The van der Waals surface area contributed by atoms with Crippen molar-refractivity contribution in [2.24, 2.45) is 0 Å². The van der Waals surface area contributed by atoms with Crippen LogP contribution >= 0.6 is 11.6 Å². The Labute approximate surface area is 117 Å². The van der Waals surface area contributed by atoms with Crippen LogP contribution in [0.3, 0.4) is 0 Å². The van der Waals surface area contributed by atoms with Crippen molar-refractivity contribution < 1.29 is 4.79 Å². The highest BCUT2D eigenvalue weighted by molar-refractivity contribution is 6.30. The molecule has 94 valence electrons. The third-order valence-electron chi connectivity index (χ3n) is 2.90. The Bertz CT molecular complexity index is 641. The highest BCUT2D eigenvalue weighted by Gasteiger charge is 2.21. The first kappa shape index (κ1) is 13.3. The molecule has 3 heteroatoms. The number of carbonyl (C=O) groups excluding carboxylic acids is 1. The molecule has 2 aromatic rings.